The van der Waals surface area contributed by atoms with Crippen LogP contribution in [0.1, 0.15) is 5.89 Å². The molecule has 6 nitrogen and oxygen atoms in total. The van der Waals surface area contributed by atoms with Crippen LogP contribution in [0.5, 0.6) is 0 Å². The Balaban J connectivity index is 1.90. The standard InChI is InChI=1S/C11H11ClN4O2S/c1-6-15-16-11(18-6)19-5-10(17)14-9-3-2-7(12)4-8(9)13/h2-4H,5,13H2,1H3,(H,14,17). The number of nitrogen functional groups attached to an aromatic ring is 1. The Hall–Kier alpha value is -1.73. The fourth-order valence-corrected chi connectivity index (χ4v) is 2.08. The van der Waals surface area contributed by atoms with Crippen molar-refractivity contribution in [2.75, 3.05) is 16.8 Å². The normalized spacial score (nSPS) is 10.4. The SMILES string of the molecule is Cc1nnc(SCC(=O)Nc2ccc(Cl)cc2N)o1. The van der Waals surface area contributed by atoms with Crippen molar-refractivity contribution in [1.29, 1.82) is 0 Å². The number of hydrogen-bond acceptors (Lipinski definition) is 6. The number of carbonyl (C=O) groups is 1. The highest BCUT2D eigenvalue weighted by Gasteiger charge is 2.09. The third kappa shape index (κ3) is 3.87. The quantitative estimate of drug-likeness (QED) is 0.664. The molecule has 0 spiro atoms. The van der Waals surface area contributed by atoms with E-state index >= 15 is 0 Å². The van der Waals surface area contributed by atoms with Crippen LogP contribution >= 0.6 is 23.4 Å². The number of thioether (sulfide) groups is 1. The first-order valence-electron chi connectivity index (χ1n) is 5.32. The number of rotatable bonds is 4. The molecule has 1 aromatic carbocycles. The molecule has 100 valence electrons. The number of benzene rings is 1. The van der Waals surface area contributed by atoms with Crippen LogP contribution in [0.15, 0.2) is 27.8 Å². The maximum Gasteiger partial charge on any atom is 0.277 e. The number of aryl methyl sites for hydroxylation is 1. The lowest BCUT2D eigenvalue weighted by Crippen LogP contribution is -2.15. The molecule has 0 aliphatic heterocycles. The van der Waals surface area contributed by atoms with Gasteiger partial charge in [0.25, 0.3) is 5.22 Å². The lowest BCUT2D eigenvalue weighted by Gasteiger charge is -2.07. The third-order valence-electron chi connectivity index (χ3n) is 2.12. The van der Waals surface area contributed by atoms with Crippen LogP contribution in [-0.4, -0.2) is 21.9 Å². The largest absolute Gasteiger partial charge is 0.416 e. The summed E-state index contributed by atoms with van der Waals surface area (Å²) in [6.07, 6.45) is 0. The van der Waals surface area contributed by atoms with Crippen LogP contribution in [0.2, 0.25) is 5.02 Å². The molecule has 2 aromatic rings. The number of amides is 1. The van der Waals surface area contributed by atoms with E-state index in [2.05, 4.69) is 15.5 Å². The first kappa shape index (κ1) is 13.7. The van der Waals surface area contributed by atoms with Gasteiger partial charge in [-0.1, -0.05) is 23.4 Å². The summed E-state index contributed by atoms with van der Waals surface area (Å²) < 4.78 is 5.14. The number of anilines is 2. The van der Waals surface area contributed by atoms with Crippen molar-refractivity contribution < 1.29 is 9.21 Å². The van der Waals surface area contributed by atoms with Crippen LogP contribution in [0, 0.1) is 6.92 Å². The van der Waals surface area contributed by atoms with E-state index < -0.39 is 0 Å². The summed E-state index contributed by atoms with van der Waals surface area (Å²) in [6.45, 7) is 1.69. The van der Waals surface area contributed by atoms with Gasteiger partial charge in [-0.15, -0.1) is 10.2 Å². The van der Waals surface area contributed by atoms with Gasteiger partial charge < -0.3 is 15.5 Å². The van der Waals surface area contributed by atoms with Gasteiger partial charge in [0.1, 0.15) is 0 Å². The molecule has 0 aliphatic rings. The van der Waals surface area contributed by atoms with Crippen molar-refractivity contribution in [2.24, 2.45) is 0 Å². The van der Waals surface area contributed by atoms with Crippen molar-refractivity contribution in [3.8, 4) is 0 Å². The van der Waals surface area contributed by atoms with Crippen molar-refractivity contribution in [2.45, 2.75) is 12.1 Å². The number of hydrogen-bond donors (Lipinski definition) is 2. The minimum atomic E-state index is -0.213. The van der Waals surface area contributed by atoms with Crippen molar-refractivity contribution in [3.63, 3.8) is 0 Å². The smallest absolute Gasteiger partial charge is 0.277 e. The summed E-state index contributed by atoms with van der Waals surface area (Å²) in [5.74, 6) is 0.406. The zero-order valence-electron chi connectivity index (χ0n) is 10.0. The molecule has 0 bridgehead atoms. The van der Waals surface area contributed by atoms with Gasteiger partial charge in [-0.3, -0.25) is 4.79 Å². The number of nitrogens with one attached hydrogen (secondary N) is 1. The highest BCUT2D eigenvalue weighted by Crippen LogP contribution is 2.23. The molecule has 2 rings (SSSR count). The van der Waals surface area contributed by atoms with E-state index in [1.54, 1.807) is 25.1 Å². The lowest BCUT2D eigenvalue weighted by atomic mass is 10.2. The Labute approximate surface area is 118 Å². The Kier molecular flexibility index (Phi) is 4.28. The lowest BCUT2D eigenvalue weighted by molar-refractivity contribution is -0.113. The molecule has 0 fully saturated rings. The Morgan fingerprint density at radius 3 is 2.95 bits per heavy atom. The molecule has 0 saturated carbocycles. The summed E-state index contributed by atoms with van der Waals surface area (Å²) in [7, 11) is 0. The zero-order chi connectivity index (χ0) is 13.8. The molecule has 1 amide bonds. The van der Waals surface area contributed by atoms with E-state index in [-0.39, 0.29) is 11.7 Å². The minimum absolute atomic E-state index is 0.156. The first-order valence-corrected chi connectivity index (χ1v) is 6.69. The van der Waals surface area contributed by atoms with Gasteiger partial charge in [0.15, 0.2) is 0 Å². The molecule has 3 N–H and O–H groups in total. The van der Waals surface area contributed by atoms with Gasteiger partial charge in [-0.25, -0.2) is 0 Å². The Morgan fingerprint density at radius 1 is 1.53 bits per heavy atom. The van der Waals surface area contributed by atoms with E-state index in [0.717, 1.165) is 11.8 Å². The average Bonchev–Trinajstić information content (AvgIpc) is 2.76. The van der Waals surface area contributed by atoms with Gasteiger partial charge in [-0.2, -0.15) is 0 Å². The molecule has 0 unspecified atom stereocenters. The predicted molar refractivity (Wildman–Crippen MR) is 74.3 cm³/mol. The number of carbonyl (C=O) groups excluding carboxylic acids is 1. The molecule has 0 atom stereocenters. The monoisotopic (exact) mass is 298 g/mol. The summed E-state index contributed by atoms with van der Waals surface area (Å²) in [5.41, 5.74) is 6.67. The second-order valence-electron chi connectivity index (χ2n) is 3.66. The second-order valence-corrected chi connectivity index (χ2v) is 5.02. The van der Waals surface area contributed by atoms with Crippen molar-refractivity contribution in [3.05, 3.63) is 29.1 Å². The highest BCUT2D eigenvalue weighted by atomic mass is 35.5. The Morgan fingerprint density at radius 2 is 2.32 bits per heavy atom. The van der Waals surface area contributed by atoms with Gasteiger partial charge in [0, 0.05) is 11.9 Å². The van der Waals surface area contributed by atoms with Gasteiger partial charge in [0.2, 0.25) is 11.8 Å². The predicted octanol–water partition coefficient (Wildman–Crippen LogP) is 2.34. The molecule has 19 heavy (non-hydrogen) atoms. The Bertz CT molecular complexity index is 602. The summed E-state index contributed by atoms with van der Waals surface area (Å²) >= 11 is 6.93. The van der Waals surface area contributed by atoms with Crippen molar-refractivity contribution >= 4 is 40.6 Å². The fraction of sp³-hybridized carbons (Fsp3) is 0.182. The number of halogens is 1. The average molecular weight is 299 g/mol. The van der Waals surface area contributed by atoms with Crippen LogP contribution in [0.3, 0.4) is 0 Å². The molecule has 8 heteroatoms. The molecule has 0 radical (unpaired) electrons. The number of nitrogens with zero attached hydrogens (tertiary/aromatic N) is 2. The van der Waals surface area contributed by atoms with E-state index in [0.29, 0.717) is 27.5 Å². The van der Waals surface area contributed by atoms with Gasteiger partial charge in [0.05, 0.1) is 17.1 Å². The molecule has 1 heterocycles. The van der Waals surface area contributed by atoms with Crippen LogP contribution < -0.4 is 11.1 Å². The van der Waals surface area contributed by atoms with E-state index in [1.807, 2.05) is 0 Å². The van der Waals surface area contributed by atoms with Gasteiger partial charge >= 0.3 is 0 Å². The molecule has 1 aromatic heterocycles. The van der Waals surface area contributed by atoms with Gasteiger partial charge in [-0.05, 0) is 18.2 Å². The molecule has 0 saturated heterocycles. The molecular weight excluding hydrogens is 288 g/mol. The first-order chi connectivity index (χ1) is 9.04. The van der Waals surface area contributed by atoms with E-state index in [9.17, 15) is 4.79 Å². The van der Waals surface area contributed by atoms with E-state index in [1.165, 1.54) is 0 Å². The maximum absolute atomic E-state index is 11.7. The van der Waals surface area contributed by atoms with E-state index in [4.69, 9.17) is 21.8 Å². The highest BCUT2D eigenvalue weighted by molar-refractivity contribution is 7.99. The molecular formula is C11H11ClN4O2S. The third-order valence-corrected chi connectivity index (χ3v) is 3.18. The molecule has 0 aliphatic carbocycles. The summed E-state index contributed by atoms with van der Waals surface area (Å²) in [6, 6.07) is 4.88. The van der Waals surface area contributed by atoms with Crippen LogP contribution in [0.25, 0.3) is 0 Å². The van der Waals surface area contributed by atoms with Crippen LogP contribution in [0.4, 0.5) is 11.4 Å². The fourth-order valence-electron chi connectivity index (χ4n) is 1.30. The topological polar surface area (TPSA) is 94.0 Å². The number of nitrogens with two attached hydrogens (primary N) is 1. The summed E-state index contributed by atoms with van der Waals surface area (Å²) in [5, 5.41) is 11.0. The van der Waals surface area contributed by atoms with Crippen LogP contribution in [-0.2, 0) is 4.79 Å². The van der Waals surface area contributed by atoms with Crippen molar-refractivity contribution in [1.82, 2.24) is 10.2 Å². The zero-order valence-corrected chi connectivity index (χ0v) is 11.6. The minimum Gasteiger partial charge on any atom is -0.416 e. The maximum atomic E-state index is 11.7. The summed E-state index contributed by atoms with van der Waals surface area (Å²) in [4.78, 5) is 11.7. The second kappa shape index (κ2) is 5.94. The number of aromatic nitrogens is 2.